The molecule has 2 heterocycles. The van der Waals surface area contributed by atoms with Crippen LogP contribution in [-0.2, 0) is 6.54 Å². The molecule has 2 aromatic rings. The van der Waals surface area contributed by atoms with Crippen LogP contribution in [0.3, 0.4) is 0 Å². The van der Waals surface area contributed by atoms with Gasteiger partial charge < -0.3 is 10.3 Å². The topological polar surface area (TPSA) is 67.1 Å². The molecule has 0 saturated heterocycles. The maximum absolute atomic E-state index is 5.38. The van der Waals surface area contributed by atoms with Gasteiger partial charge in [-0.1, -0.05) is 0 Å². The van der Waals surface area contributed by atoms with E-state index in [1.165, 1.54) is 5.56 Å². The van der Waals surface area contributed by atoms with Crippen molar-refractivity contribution in [1.29, 1.82) is 0 Å². The van der Waals surface area contributed by atoms with Crippen molar-refractivity contribution in [3.05, 3.63) is 32.7 Å². The Labute approximate surface area is 118 Å². The Morgan fingerprint density at radius 3 is 2.83 bits per heavy atom. The minimum atomic E-state index is 0.621. The monoisotopic (exact) mass is 327 g/mol. The minimum Gasteiger partial charge on any atom is -0.355 e. The SMILES string of the molecule is Cc1nc(NN)cc(N(C)Cc2csc(Br)c2)n1. The lowest BCUT2D eigenvalue weighted by molar-refractivity contribution is 0.882. The van der Waals surface area contributed by atoms with Gasteiger partial charge in [0.05, 0.1) is 3.79 Å². The maximum Gasteiger partial charge on any atom is 0.145 e. The van der Waals surface area contributed by atoms with Gasteiger partial charge in [0.25, 0.3) is 0 Å². The molecule has 0 amide bonds. The van der Waals surface area contributed by atoms with E-state index in [4.69, 9.17) is 5.84 Å². The highest BCUT2D eigenvalue weighted by Crippen LogP contribution is 2.23. The molecule has 96 valence electrons. The van der Waals surface area contributed by atoms with Gasteiger partial charge in [-0.05, 0) is 39.9 Å². The third-order valence-electron chi connectivity index (χ3n) is 2.40. The van der Waals surface area contributed by atoms with Crippen LogP contribution in [0.1, 0.15) is 11.4 Å². The van der Waals surface area contributed by atoms with Gasteiger partial charge in [-0.3, -0.25) is 0 Å². The van der Waals surface area contributed by atoms with Crippen molar-refractivity contribution in [3.63, 3.8) is 0 Å². The Bertz CT molecular complexity index is 542. The number of aromatic nitrogens is 2. The maximum atomic E-state index is 5.38. The van der Waals surface area contributed by atoms with E-state index in [0.717, 1.165) is 16.1 Å². The molecule has 3 N–H and O–H groups in total. The van der Waals surface area contributed by atoms with Crippen LogP contribution in [0.15, 0.2) is 21.3 Å². The lowest BCUT2D eigenvalue weighted by Gasteiger charge is -2.18. The number of thiophene rings is 1. The number of anilines is 2. The zero-order chi connectivity index (χ0) is 13.1. The second-order valence-electron chi connectivity index (χ2n) is 3.92. The summed E-state index contributed by atoms with van der Waals surface area (Å²) in [4.78, 5) is 10.6. The first-order valence-electron chi connectivity index (χ1n) is 5.35. The second-order valence-corrected chi connectivity index (χ2v) is 6.21. The normalized spacial score (nSPS) is 10.4. The Morgan fingerprint density at radius 2 is 2.22 bits per heavy atom. The molecular formula is C11H14BrN5S. The first-order chi connectivity index (χ1) is 8.58. The van der Waals surface area contributed by atoms with Crippen LogP contribution in [0.4, 0.5) is 11.6 Å². The summed E-state index contributed by atoms with van der Waals surface area (Å²) in [5.74, 6) is 7.54. The summed E-state index contributed by atoms with van der Waals surface area (Å²) in [7, 11) is 1.99. The summed E-state index contributed by atoms with van der Waals surface area (Å²) in [5.41, 5.74) is 3.79. The molecule has 0 aliphatic rings. The molecule has 0 aromatic carbocycles. The summed E-state index contributed by atoms with van der Waals surface area (Å²) in [6, 6.07) is 3.94. The van der Waals surface area contributed by atoms with Gasteiger partial charge >= 0.3 is 0 Å². The van der Waals surface area contributed by atoms with E-state index in [1.807, 2.05) is 20.0 Å². The van der Waals surface area contributed by atoms with Gasteiger partial charge in [0.15, 0.2) is 0 Å². The zero-order valence-corrected chi connectivity index (χ0v) is 12.5. The quantitative estimate of drug-likeness (QED) is 0.667. The highest BCUT2D eigenvalue weighted by atomic mass is 79.9. The molecule has 18 heavy (non-hydrogen) atoms. The van der Waals surface area contributed by atoms with E-state index in [1.54, 1.807) is 11.3 Å². The zero-order valence-electron chi connectivity index (χ0n) is 10.1. The lowest BCUT2D eigenvalue weighted by Crippen LogP contribution is -2.19. The number of aryl methyl sites for hydroxylation is 1. The number of rotatable bonds is 4. The van der Waals surface area contributed by atoms with Crippen molar-refractivity contribution < 1.29 is 0 Å². The minimum absolute atomic E-state index is 0.621. The largest absolute Gasteiger partial charge is 0.355 e. The fraction of sp³-hybridized carbons (Fsp3) is 0.273. The number of hydrazine groups is 1. The average molecular weight is 328 g/mol. The van der Waals surface area contributed by atoms with E-state index >= 15 is 0 Å². The Balaban J connectivity index is 2.17. The number of nitrogens with zero attached hydrogens (tertiary/aromatic N) is 3. The lowest BCUT2D eigenvalue weighted by atomic mass is 10.3. The van der Waals surface area contributed by atoms with Crippen molar-refractivity contribution in [1.82, 2.24) is 9.97 Å². The van der Waals surface area contributed by atoms with Gasteiger partial charge in [-0.25, -0.2) is 15.8 Å². The smallest absolute Gasteiger partial charge is 0.145 e. The molecule has 0 fully saturated rings. The van der Waals surface area contributed by atoms with Crippen LogP contribution in [0.25, 0.3) is 0 Å². The fourth-order valence-electron chi connectivity index (χ4n) is 1.60. The predicted molar refractivity (Wildman–Crippen MR) is 78.7 cm³/mol. The van der Waals surface area contributed by atoms with E-state index < -0.39 is 0 Å². The second kappa shape index (κ2) is 5.64. The van der Waals surface area contributed by atoms with Crippen molar-refractivity contribution in [3.8, 4) is 0 Å². The van der Waals surface area contributed by atoms with Gasteiger partial charge in [0.2, 0.25) is 0 Å². The van der Waals surface area contributed by atoms with Gasteiger partial charge in [0, 0.05) is 19.7 Å². The third kappa shape index (κ3) is 3.18. The van der Waals surface area contributed by atoms with E-state index in [0.29, 0.717) is 11.6 Å². The molecule has 0 spiro atoms. The number of halogens is 1. The van der Waals surface area contributed by atoms with Crippen LogP contribution >= 0.6 is 27.3 Å². The Morgan fingerprint density at radius 1 is 1.44 bits per heavy atom. The summed E-state index contributed by atoms with van der Waals surface area (Å²) >= 11 is 5.14. The number of nitrogen functional groups attached to an aromatic ring is 1. The van der Waals surface area contributed by atoms with Gasteiger partial charge in [0.1, 0.15) is 17.5 Å². The number of hydrogen-bond acceptors (Lipinski definition) is 6. The first kappa shape index (κ1) is 13.3. The van der Waals surface area contributed by atoms with Crippen molar-refractivity contribution in [2.24, 2.45) is 5.84 Å². The number of nitrogens with two attached hydrogens (primary N) is 1. The Kier molecular flexibility index (Phi) is 4.15. The first-order valence-corrected chi connectivity index (χ1v) is 7.02. The van der Waals surface area contributed by atoms with Crippen LogP contribution < -0.4 is 16.2 Å². The molecule has 0 aliphatic carbocycles. The average Bonchev–Trinajstić information content (AvgIpc) is 2.73. The predicted octanol–water partition coefficient (Wildman–Crippen LogP) is 2.53. The summed E-state index contributed by atoms with van der Waals surface area (Å²) < 4.78 is 1.13. The van der Waals surface area contributed by atoms with Crippen molar-refractivity contribution >= 4 is 38.9 Å². The van der Waals surface area contributed by atoms with Crippen LogP contribution in [0.5, 0.6) is 0 Å². The van der Waals surface area contributed by atoms with E-state index in [2.05, 4.69) is 47.7 Å². The highest BCUT2D eigenvalue weighted by molar-refractivity contribution is 9.11. The van der Waals surface area contributed by atoms with Crippen molar-refractivity contribution in [2.75, 3.05) is 17.4 Å². The molecule has 0 atom stereocenters. The molecule has 0 bridgehead atoms. The third-order valence-corrected chi connectivity index (χ3v) is 3.96. The van der Waals surface area contributed by atoms with Gasteiger partial charge in [-0.2, -0.15) is 0 Å². The molecule has 0 saturated carbocycles. The number of nitrogens with one attached hydrogen (secondary N) is 1. The molecule has 0 unspecified atom stereocenters. The Hall–Kier alpha value is -1.18. The molecule has 5 nitrogen and oxygen atoms in total. The van der Waals surface area contributed by atoms with Crippen LogP contribution in [-0.4, -0.2) is 17.0 Å². The summed E-state index contributed by atoms with van der Waals surface area (Å²) in [5, 5.41) is 2.12. The highest BCUT2D eigenvalue weighted by Gasteiger charge is 2.08. The fourth-order valence-corrected chi connectivity index (χ4v) is 2.81. The summed E-state index contributed by atoms with van der Waals surface area (Å²) in [6.07, 6.45) is 0. The molecule has 0 radical (unpaired) electrons. The summed E-state index contributed by atoms with van der Waals surface area (Å²) in [6.45, 7) is 2.64. The van der Waals surface area contributed by atoms with Gasteiger partial charge in [-0.15, -0.1) is 11.3 Å². The van der Waals surface area contributed by atoms with E-state index in [9.17, 15) is 0 Å². The van der Waals surface area contributed by atoms with Crippen molar-refractivity contribution in [2.45, 2.75) is 13.5 Å². The van der Waals surface area contributed by atoms with Crippen LogP contribution in [0, 0.1) is 6.92 Å². The molecule has 7 heteroatoms. The number of hydrogen-bond donors (Lipinski definition) is 2. The molecule has 0 aliphatic heterocycles. The van der Waals surface area contributed by atoms with Crippen LogP contribution in [0.2, 0.25) is 0 Å². The molecule has 2 rings (SSSR count). The molecular weight excluding hydrogens is 314 g/mol. The standard InChI is InChI=1S/C11H14BrN5S/c1-7-14-10(16-13)4-11(15-7)17(2)5-8-3-9(12)18-6-8/h3-4,6H,5,13H2,1-2H3,(H,14,15,16). The van der Waals surface area contributed by atoms with E-state index in [-0.39, 0.29) is 0 Å². The molecule has 2 aromatic heterocycles.